The zero-order valence-electron chi connectivity index (χ0n) is 20.3. The topological polar surface area (TPSA) is 105 Å². The van der Waals surface area contributed by atoms with E-state index in [-0.39, 0.29) is 29.6 Å². The maximum Gasteiger partial charge on any atom is 0.305 e. The van der Waals surface area contributed by atoms with E-state index in [2.05, 4.69) is 10.1 Å². The van der Waals surface area contributed by atoms with E-state index in [0.29, 0.717) is 65.1 Å². The molecule has 0 unspecified atom stereocenters. The van der Waals surface area contributed by atoms with Crippen LogP contribution >= 0.6 is 0 Å². The summed E-state index contributed by atoms with van der Waals surface area (Å²) >= 11 is 0. The van der Waals surface area contributed by atoms with E-state index >= 15 is 0 Å². The molecular formula is C24H41N3O6. The molecule has 188 valence electrons. The molecule has 0 spiro atoms. The third-order valence-corrected chi connectivity index (χ3v) is 6.49. The van der Waals surface area contributed by atoms with E-state index in [9.17, 15) is 19.2 Å². The number of nitrogens with zero attached hydrogens (tertiary/aromatic N) is 2. The molecule has 2 heterocycles. The molecule has 0 aromatic heterocycles. The Kier molecular flexibility index (Phi) is 12.2. The zero-order chi connectivity index (χ0) is 24.1. The molecule has 0 bridgehead atoms. The quantitative estimate of drug-likeness (QED) is 0.347. The van der Waals surface area contributed by atoms with Gasteiger partial charge in [0.05, 0.1) is 20.3 Å². The van der Waals surface area contributed by atoms with Gasteiger partial charge in [0.15, 0.2) is 0 Å². The van der Waals surface area contributed by atoms with Gasteiger partial charge < -0.3 is 24.6 Å². The van der Waals surface area contributed by atoms with Crippen molar-refractivity contribution in [1.29, 1.82) is 0 Å². The second-order valence-corrected chi connectivity index (χ2v) is 9.02. The number of amides is 3. The Hall–Kier alpha value is -2.16. The SMILES string of the molecule is COC(=O)CCCCCCCCC(=O)N[C@@H](C)C(=O)N1CCC(C(=O)N2CCOCC2)CC1. The van der Waals surface area contributed by atoms with Crippen LogP contribution in [0.4, 0.5) is 0 Å². The van der Waals surface area contributed by atoms with Gasteiger partial charge in [0, 0.05) is 44.9 Å². The molecule has 1 atom stereocenters. The van der Waals surface area contributed by atoms with Crippen molar-refractivity contribution in [2.75, 3.05) is 46.5 Å². The van der Waals surface area contributed by atoms with Crippen LogP contribution in [0.3, 0.4) is 0 Å². The lowest BCUT2D eigenvalue weighted by Gasteiger charge is -2.36. The smallest absolute Gasteiger partial charge is 0.305 e. The van der Waals surface area contributed by atoms with Crippen molar-refractivity contribution in [2.45, 2.75) is 77.2 Å². The Balaban J connectivity index is 1.56. The molecule has 0 radical (unpaired) electrons. The Labute approximate surface area is 197 Å². The van der Waals surface area contributed by atoms with Crippen LogP contribution in [-0.2, 0) is 28.7 Å². The van der Waals surface area contributed by atoms with Gasteiger partial charge >= 0.3 is 5.97 Å². The highest BCUT2D eigenvalue weighted by molar-refractivity contribution is 5.87. The van der Waals surface area contributed by atoms with E-state index in [1.807, 2.05) is 4.90 Å². The highest BCUT2D eigenvalue weighted by atomic mass is 16.5. The van der Waals surface area contributed by atoms with Gasteiger partial charge in [-0.05, 0) is 32.6 Å². The number of esters is 1. The summed E-state index contributed by atoms with van der Waals surface area (Å²) in [5.41, 5.74) is 0. The molecule has 9 nitrogen and oxygen atoms in total. The van der Waals surface area contributed by atoms with Crippen LogP contribution in [0.2, 0.25) is 0 Å². The Bertz CT molecular complexity index is 642. The minimum Gasteiger partial charge on any atom is -0.469 e. The average Bonchev–Trinajstić information content (AvgIpc) is 2.85. The van der Waals surface area contributed by atoms with Gasteiger partial charge in [-0.2, -0.15) is 0 Å². The van der Waals surface area contributed by atoms with Gasteiger partial charge in [-0.15, -0.1) is 0 Å². The molecule has 2 aliphatic heterocycles. The van der Waals surface area contributed by atoms with Crippen LogP contribution in [0, 0.1) is 5.92 Å². The minimum atomic E-state index is -0.553. The number of unbranched alkanes of at least 4 members (excludes halogenated alkanes) is 5. The van der Waals surface area contributed by atoms with E-state index < -0.39 is 6.04 Å². The van der Waals surface area contributed by atoms with Crippen molar-refractivity contribution in [3.8, 4) is 0 Å². The summed E-state index contributed by atoms with van der Waals surface area (Å²) in [6, 6.07) is -0.553. The van der Waals surface area contributed by atoms with Gasteiger partial charge in [-0.1, -0.05) is 25.7 Å². The summed E-state index contributed by atoms with van der Waals surface area (Å²) in [7, 11) is 1.40. The molecule has 0 saturated carbocycles. The van der Waals surface area contributed by atoms with Crippen molar-refractivity contribution in [2.24, 2.45) is 5.92 Å². The Morgan fingerprint density at radius 1 is 0.879 bits per heavy atom. The molecule has 0 aliphatic carbocycles. The monoisotopic (exact) mass is 467 g/mol. The molecule has 2 rings (SSSR count). The molecule has 2 fully saturated rings. The summed E-state index contributed by atoms with van der Waals surface area (Å²) in [4.78, 5) is 52.3. The van der Waals surface area contributed by atoms with Crippen molar-refractivity contribution >= 4 is 23.7 Å². The van der Waals surface area contributed by atoms with Gasteiger partial charge in [0.2, 0.25) is 17.7 Å². The molecule has 2 saturated heterocycles. The normalized spacial score (nSPS) is 18.0. The summed E-state index contributed by atoms with van der Waals surface area (Å²) in [5.74, 6) is -0.195. The standard InChI is InChI=1S/C24H41N3O6/c1-19(25-21(28)9-7-5-3-4-6-8-10-22(29)32-2)23(30)26-13-11-20(12-14-26)24(31)27-15-17-33-18-16-27/h19-20H,3-18H2,1-2H3,(H,25,28)/t19-/m0/s1. The lowest BCUT2D eigenvalue weighted by atomic mass is 9.94. The number of likely N-dealkylation sites (tertiary alicyclic amines) is 1. The van der Waals surface area contributed by atoms with Crippen LogP contribution < -0.4 is 5.32 Å². The lowest BCUT2D eigenvalue weighted by Crippen LogP contribution is -2.51. The average molecular weight is 468 g/mol. The fourth-order valence-corrected chi connectivity index (χ4v) is 4.40. The van der Waals surface area contributed by atoms with Crippen molar-refractivity contribution in [3.63, 3.8) is 0 Å². The number of carbonyl (C=O) groups is 4. The van der Waals surface area contributed by atoms with Crippen molar-refractivity contribution < 1.29 is 28.7 Å². The van der Waals surface area contributed by atoms with Crippen molar-refractivity contribution in [3.05, 3.63) is 0 Å². The number of hydrogen-bond donors (Lipinski definition) is 1. The largest absolute Gasteiger partial charge is 0.469 e. The van der Waals surface area contributed by atoms with Gasteiger partial charge in [0.1, 0.15) is 6.04 Å². The highest BCUT2D eigenvalue weighted by Crippen LogP contribution is 2.21. The molecule has 0 aromatic carbocycles. The second-order valence-electron chi connectivity index (χ2n) is 9.02. The number of nitrogens with one attached hydrogen (secondary N) is 1. The fourth-order valence-electron chi connectivity index (χ4n) is 4.40. The van der Waals surface area contributed by atoms with E-state index in [4.69, 9.17) is 4.74 Å². The molecular weight excluding hydrogens is 426 g/mol. The molecule has 1 N–H and O–H groups in total. The van der Waals surface area contributed by atoms with Gasteiger partial charge in [-0.3, -0.25) is 19.2 Å². The molecule has 2 aliphatic rings. The number of hydrogen-bond acceptors (Lipinski definition) is 6. The number of methoxy groups -OCH3 is 1. The molecule has 33 heavy (non-hydrogen) atoms. The number of rotatable bonds is 12. The number of ether oxygens (including phenoxy) is 2. The van der Waals surface area contributed by atoms with Gasteiger partial charge in [0.25, 0.3) is 0 Å². The first-order chi connectivity index (χ1) is 15.9. The predicted octanol–water partition coefficient (Wildman–Crippen LogP) is 1.88. The maximum atomic E-state index is 12.7. The highest BCUT2D eigenvalue weighted by Gasteiger charge is 2.32. The van der Waals surface area contributed by atoms with Crippen molar-refractivity contribution in [1.82, 2.24) is 15.1 Å². The Morgan fingerprint density at radius 2 is 1.45 bits per heavy atom. The Morgan fingerprint density at radius 3 is 2.06 bits per heavy atom. The first kappa shape index (κ1) is 27.1. The third-order valence-electron chi connectivity index (χ3n) is 6.49. The summed E-state index contributed by atoms with van der Waals surface area (Å²) in [5, 5.41) is 2.82. The summed E-state index contributed by atoms with van der Waals surface area (Å²) < 4.78 is 9.93. The van der Waals surface area contributed by atoms with E-state index in [1.165, 1.54) is 7.11 Å². The first-order valence-electron chi connectivity index (χ1n) is 12.4. The predicted molar refractivity (Wildman–Crippen MR) is 123 cm³/mol. The maximum absolute atomic E-state index is 12.7. The van der Waals surface area contributed by atoms with E-state index in [1.54, 1.807) is 11.8 Å². The zero-order valence-corrected chi connectivity index (χ0v) is 20.3. The van der Waals surface area contributed by atoms with Crippen LogP contribution in [0.15, 0.2) is 0 Å². The van der Waals surface area contributed by atoms with E-state index in [0.717, 1.165) is 38.5 Å². The van der Waals surface area contributed by atoms with Crippen LogP contribution in [0.5, 0.6) is 0 Å². The summed E-state index contributed by atoms with van der Waals surface area (Å²) in [6.45, 7) is 5.32. The summed E-state index contributed by atoms with van der Waals surface area (Å²) in [6.07, 6.45) is 7.86. The van der Waals surface area contributed by atoms with Crippen LogP contribution in [-0.4, -0.2) is 86.0 Å². The second kappa shape index (κ2) is 14.9. The number of carbonyl (C=O) groups excluding carboxylic acids is 4. The molecule has 9 heteroatoms. The van der Waals surface area contributed by atoms with Crippen LogP contribution in [0.1, 0.15) is 71.1 Å². The number of morpholine rings is 1. The minimum absolute atomic E-state index is 0.0301. The molecule has 3 amide bonds. The van der Waals surface area contributed by atoms with Crippen LogP contribution in [0.25, 0.3) is 0 Å². The van der Waals surface area contributed by atoms with Gasteiger partial charge in [-0.25, -0.2) is 0 Å². The lowest BCUT2D eigenvalue weighted by molar-refractivity contribution is -0.144. The molecule has 0 aromatic rings. The fraction of sp³-hybridized carbons (Fsp3) is 0.833. The first-order valence-corrected chi connectivity index (χ1v) is 12.4. The third kappa shape index (κ3) is 9.70. The number of piperidine rings is 1.